The van der Waals surface area contributed by atoms with Crippen molar-refractivity contribution in [3.05, 3.63) is 115 Å². The molecular weight excluding hydrogens is 534 g/mol. The van der Waals surface area contributed by atoms with Gasteiger partial charge in [-0.05, 0) is 35.9 Å². The summed E-state index contributed by atoms with van der Waals surface area (Å²) >= 11 is 23.8. The van der Waals surface area contributed by atoms with Gasteiger partial charge in [0.15, 0.2) is 0 Å². The van der Waals surface area contributed by atoms with Crippen LogP contribution in [0.3, 0.4) is 0 Å². The first-order valence-electron chi connectivity index (χ1n) is 10.0. The maximum atomic E-state index is 10.9. The van der Waals surface area contributed by atoms with E-state index in [1.165, 1.54) is 13.2 Å². The molecule has 2 aromatic heterocycles. The summed E-state index contributed by atoms with van der Waals surface area (Å²) in [5.41, 5.74) is 3.41. The van der Waals surface area contributed by atoms with Crippen LogP contribution in [0.25, 0.3) is 11.1 Å². The fraction of sp³-hybridized carbons (Fsp3) is 0.0833. The van der Waals surface area contributed by atoms with Crippen LogP contribution in [-0.4, -0.2) is 27.7 Å². The third kappa shape index (κ3) is 6.96. The molecule has 4 rings (SSSR count). The number of hydrogen-bond acceptors (Lipinski definition) is 5. The van der Waals surface area contributed by atoms with Gasteiger partial charge in [-0.3, -0.25) is 15.1 Å². The lowest BCUT2D eigenvalue weighted by Gasteiger charge is -2.08. The fourth-order valence-electron chi connectivity index (χ4n) is 3.18. The van der Waals surface area contributed by atoms with E-state index < -0.39 is 4.92 Å². The Hall–Kier alpha value is -3.10. The van der Waals surface area contributed by atoms with Gasteiger partial charge in [0.2, 0.25) is 0 Å². The van der Waals surface area contributed by atoms with E-state index in [0.29, 0.717) is 32.6 Å². The molecule has 0 saturated carbocycles. The second kappa shape index (κ2) is 12.6. The van der Waals surface area contributed by atoms with Crippen molar-refractivity contribution in [1.82, 2.24) is 9.97 Å². The van der Waals surface area contributed by atoms with Crippen molar-refractivity contribution in [3.8, 4) is 11.1 Å². The molecule has 0 aliphatic rings. The molecule has 0 spiro atoms. The van der Waals surface area contributed by atoms with Crippen molar-refractivity contribution >= 4 is 57.8 Å². The van der Waals surface area contributed by atoms with Crippen LogP contribution in [0.1, 0.15) is 11.1 Å². The molecule has 7 nitrogen and oxygen atoms in total. The van der Waals surface area contributed by atoms with Crippen LogP contribution in [0.15, 0.2) is 78.5 Å². The standard InChI is InChI=1S/C14H12Cl2N2O.C10H6Cl2N2O2/c1-19-18-14(7-10-3-2-6-17-9-10)12-5-4-11(15)8-13(12)16;11-8-3-1-2-6(10(8)14(15)16)7-4-13-5-9(7)12/h2-6,8-9H,7H2,1H3;1-5,13H/b18-14-;. The second-order valence-corrected chi connectivity index (χ2v) is 8.65. The Balaban J connectivity index is 0.000000198. The SMILES string of the molecule is CO/N=C(/Cc1cccnc1)c1ccc(Cl)cc1Cl.O=[N+]([O-])c1c(Cl)cccc1-c1c[nH]cc1Cl. The maximum absolute atomic E-state index is 10.9. The summed E-state index contributed by atoms with van der Waals surface area (Å²) in [5.74, 6) is 0. The van der Waals surface area contributed by atoms with E-state index >= 15 is 0 Å². The minimum atomic E-state index is -0.513. The summed E-state index contributed by atoms with van der Waals surface area (Å²) in [6.45, 7) is 0. The molecule has 180 valence electrons. The number of nitro groups is 1. The number of benzene rings is 2. The van der Waals surface area contributed by atoms with E-state index in [9.17, 15) is 10.1 Å². The Morgan fingerprint density at radius 3 is 2.43 bits per heavy atom. The number of rotatable bonds is 6. The highest BCUT2D eigenvalue weighted by Gasteiger charge is 2.21. The molecule has 0 unspecified atom stereocenters. The van der Waals surface area contributed by atoms with Gasteiger partial charge in [-0.1, -0.05) is 69.8 Å². The van der Waals surface area contributed by atoms with Gasteiger partial charge < -0.3 is 9.82 Å². The Kier molecular flexibility index (Phi) is 9.51. The molecule has 0 radical (unpaired) electrons. The molecule has 35 heavy (non-hydrogen) atoms. The first-order valence-corrected chi connectivity index (χ1v) is 11.5. The molecule has 2 aromatic carbocycles. The summed E-state index contributed by atoms with van der Waals surface area (Å²) in [5, 5.41) is 16.6. The van der Waals surface area contributed by atoms with Crippen molar-refractivity contribution < 1.29 is 9.76 Å². The number of hydrogen-bond donors (Lipinski definition) is 1. The molecule has 1 N–H and O–H groups in total. The minimum absolute atomic E-state index is 0.0970. The predicted molar refractivity (Wildman–Crippen MR) is 141 cm³/mol. The van der Waals surface area contributed by atoms with E-state index in [-0.39, 0.29) is 10.7 Å². The molecule has 0 bridgehead atoms. The molecule has 2 heterocycles. The molecule has 0 atom stereocenters. The lowest BCUT2D eigenvalue weighted by Crippen LogP contribution is -2.07. The van der Waals surface area contributed by atoms with E-state index in [1.807, 2.05) is 18.2 Å². The van der Waals surface area contributed by atoms with E-state index in [4.69, 9.17) is 51.2 Å². The van der Waals surface area contributed by atoms with Gasteiger partial charge in [0, 0.05) is 47.4 Å². The number of nitrogens with one attached hydrogen (secondary N) is 1. The summed E-state index contributed by atoms with van der Waals surface area (Å²) in [7, 11) is 1.51. The monoisotopic (exact) mass is 550 g/mol. The molecule has 0 fully saturated rings. The second-order valence-electron chi connectivity index (χ2n) is 6.99. The van der Waals surface area contributed by atoms with Crippen LogP contribution >= 0.6 is 46.4 Å². The van der Waals surface area contributed by atoms with Gasteiger partial charge in [0.1, 0.15) is 12.1 Å². The lowest BCUT2D eigenvalue weighted by molar-refractivity contribution is -0.384. The average Bonchev–Trinajstić information content (AvgIpc) is 3.25. The lowest BCUT2D eigenvalue weighted by atomic mass is 10.0. The van der Waals surface area contributed by atoms with Gasteiger partial charge in [-0.15, -0.1) is 0 Å². The first-order chi connectivity index (χ1) is 16.8. The molecule has 11 heteroatoms. The molecule has 4 aromatic rings. The van der Waals surface area contributed by atoms with Gasteiger partial charge in [0.05, 0.1) is 26.2 Å². The number of nitro benzene ring substituents is 1. The number of nitrogens with zero attached hydrogens (tertiary/aromatic N) is 3. The molecule has 0 aliphatic heterocycles. The minimum Gasteiger partial charge on any atom is -0.399 e. The van der Waals surface area contributed by atoms with Gasteiger partial charge >= 0.3 is 0 Å². The van der Waals surface area contributed by atoms with E-state index in [0.717, 1.165) is 16.8 Å². The third-order valence-corrected chi connectivity index (χ3v) is 5.86. The highest BCUT2D eigenvalue weighted by atomic mass is 35.5. The fourth-order valence-corrected chi connectivity index (χ4v) is 4.16. The zero-order chi connectivity index (χ0) is 25.4. The van der Waals surface area contributed by atoms with Crippen molar-refractivity contribution in [2.45, 2.75) is 6.42 Å². The van der Waals surface area contributed by atoms with E-state index in [2.05, 4.69) is 15.1 Å². The Labute approximate surface area is 221 Å². The van der Waals surface area contributed by atoms with Crippen LogP contribution < -0.4 is 0 Å². The van der Waals surface area contributed by atoms with Crippen molar-refractivity contribution in [2.24, 2.45) is 5.16 Å². The summed E-state index contributed by atoms with van der Waals surface area (Å²) in [4.78, 5) is 22.2. The smallest absolute Gasteiger partial charge is 0.295 e. The van der Waals surface area contributed by atoms with Crippen LogP contribution in [-0.2, 0) is 11.3 Å². The first kappa shape index (κ1) is 26.5. The number of oxime groups is 1. The van der Waals surface area contributed by atoms with Crippen molar-refractivity contribution in [2.75, 3.05) is 7.11 Å². The van der Waals surface area contributed by atoms with Crippen LogP contribution in [0.5, 0.6) is 0 Å². The van der Waals surface area contributed by atoms with E-state index in [1.54, 1.807) is 49.1 Å². The molecular formula is C24H18Cl4N4O3. The van der Waals surface area contributed by atoms with Crippen molar-refractivity contribution in [1.29, 1.82) is 0 Å². The average molecular weight is 552 g/mol. The molecule has 0 saturated heterocycles. The Morgan fingerprint density at radius 1 is 1.03 bits per heavy atom. The number of aromatic nitrogens is 2. The Morgan fingerprint density at radius 2 is 1.83 bits per heavy atom. The normalized spacial score (nSPS) is 10.9. The number of H-pyrrole nitrogens is 1. The van der Waals surface area contributed by atoms with Crippen LogP contribution in [0.2, 0.25) is 20.1 Å². The van der Waals surface area contributed by atoms with Crippen LogP contribution in [0, 0.1) is 10.1 Å². The van der Waals surface area contributed by atoms with Gasteiger partial charge in [0.25, 0.3) is 5.69 Å². The number of aromatic amines is 1. The highest BCUT2D eigenvalue weighted by Crippen LogP contribution is 2.38. The maximum Gasteiger partial charge on any atom is 0.295 e. The summed E-state index contributed by atoms with van der Waals surface area (Å²) in [6, 6.07) is 13.9. The number of pyridine rings is 1. The quantitative estimate of drug-likeness (QED) is 0.150. The largest absolute Gasteiger partial charge is 0.399 e. The Bertz CT molecular complexity index is 1340. The topological polar surface area (TPSA) is 93.4 Å². The number of halogens is 4. The third-order valence-electron chi connectivity index (χ3n) is 4.69. The van der Waals surface area contributed by atoms with Gasteiger partial charge in [-0.2, -0.15) is 0 Å². The van der Waals surface area contributed by atoms with Gasteiger partial charge in [-0.25, -0.2) is 0 Å². The molecule has 0 amide bonds. The number of para-hydroxylation sites is 1. The molecule has 0 aliphatic carbocycles. The predicted octanol–water partition coefficient (Wildman–Crippen LogP) is 7.88. The zero-order valence-corrected chi connectivity index (χ0v) is 21.2. The summed E-state index contributed by atoms with van der Waals surface area (Å²) in [6.07, 6.45) is 7.26. The summed E-state index contributed by atoms with van der Waals surface area (Å²) < 4.78 is 0. The zero-order valence-electron chi connectivity index (χ0n) is 18.2. The van der Waals surface area contributed by atoms with Crippen LogP contribution in [0.4, 0.5) is 5.69 Å². The highest BCUT2D eigenvalue weighted by molar-refractivity contribution is 6.37. The van der Waals surface area contributed by atoms with Crippen molar-refractivity contribution in [3.63, 3.8) is 0 Å².